The number of aromatic nitrogens is 4. The minimum Gasteiger partial charge on any atom is -0.330 e. The fourth-order valence-corrected chi connectivity index (χ4v) is 2.29. The fourth-order valence-electron chi connectivity index (χ4n) is 2.29. The van der Waals surface area contributed by atoms with Gasteiger partial charge in [-0.15, -0.1) is 0 Å². The largest absolute Gasteiger partial charge is 0.330 e. The molecule has 0 spiro atoms. The summed E-state index contributed by atoms with van der Waals surface area (Å²) >= 11 is 0. The Morgan fingerprint density at radius 2 is 1.52 bits per heavy atom. The number of nitrogens with two attached hydrogens (primary N) is 3. The molecule has 9 heteroatoms. The molecule has 0 aliphatic carbocycles. The Bertz CT molecular complexity index is 676. The van der Waals surface area contributed by atoms with Gasteiger partial charge in [-0.3, -0.25) is 18.7 Å². The van der Waals surface area contributed by atoms with E-state index < -0.39 is 6.04 Å². The van der Waals surface area contributed by atoms with Gasteiger partial charge in [0.15, 0.2) is 0 Å². The van der Waals surface area contributed by atoms with E-state index >= 15 is 0 Å². The van der Waals surface area contributed by atoms with Crippen molar-refractivity contribution in [2.45, 2.75) is 25.3 Å². The van der Waals surface area contributed by atoms with Crippen LogP contribution in [0.5, 0.6) is 0 Å². The molecule has 0 aliphatic heterocycles. The summed E-state index contributed by atoms with van der Waals surface area (Å²) < 4.78 is 2.73. The Labute approximate surface area is 133 Å². The quantitative estimate of drug-likeness (QED) is 0.579. The molecule has 0 aliphatic rings. The van der Waals surface area contributed by atoms with Gasteiger partial charge in [-0.1, -0.05) is 0 Å². The van der Waals surface area contributed by atoms with Gasteiger partial charge in [0.2, 0.25) is 11.8 Å². The maximum Gasteiger partial charge on any atom is 0.249 e. The summed E-state index contributed by atoms with van der Waals surface area (Å²) in [5.41, 5.74) is 18.3. The highest BCUT2D eigenvalue weighted by atomic mass is 16.2. The summed E-state index contributed by atoms with van der Waals surface area (Å²) in [6, 6.07) is -0.971. The third-order valence-electron chi connectivity index (χ3n) is 3.45. The molecular formula is C14H21N7O2. The third-order valence-corrected chi connectivity index (χ3v) is 3.45. The Morgan fingerprint density at radius 1 is 1.00 bits per heavy atom. The zero-order chi connectivity index (χ0) is 16.8. The molecule has 0 amide bonds. The number of nitrogens with zero attached hydrogens (tertiary/aromatic N) is 4. The average Bonchev–Trinajstić information content (AvgIpc) is 3.16. The van der Waals surface area contributed by atoms with Gasteiger partial charge in [0.1, 0.15) is 12.7 Å². The minimum atomic E-state index is -0.971. The molecule has 0 fully saturated rings. The van der Waals surface area contributed by atoms with Crippen LogP contribution in [-0.4, -0.2) is 50.0 Å². The molecule has 6 N–H and O–H groups in total. The number of rotatable bonds is 7. The van der Waals surface area contributed by atoms with Crippen molar-refractivity contribution >= 4 is 11.8 Å². The van der Waals surface area contributed by atoms with Gasteiger partial charge < -0.3 is 17.2 Å². The summed E-state index contributed by atoms with van der Waals surface area (Å²) in [4.78, 5) is 32.5. The van der Waals surface area contributed by atoms with Crippen LogP contribution in [0.25, 0.3) is 0 Å². The predicted octanol–water partition coefficient (Wildman–Crippen LogP) is -1.22. The van der Waals surface area contributed by atoms with Crippen molar-refractivity contribution in [3.05, 3.63) is 36.4 Å². The van der Waals surface area contributed by atoms with E-state index in [0.29, 0.717) is 37.3 Å². The fraction of sp³-hybridized carbons (Fsp3) is 0.429. The van der Waals surface area contributed by atoms with E-state index in [4.69, 9.17) is 17.2 Å². The maximum atomic E-state index is 12.4. The predicted molar refractivity (Wildman–Crippen MR) is 83.8 cm³/mol. The van der Waals surface area contributed by atoms with Crippen LogP contribution < -0.4 is 17.2 Å². The van der Waals surface area contributed by atoms with Crippen LogP contribution in [0.15, 0.2) is 25.0 Å². The van der Waals surface area contributed by atoms with Crippen LogP contribution in [0, 0.1) is 0 Å². The molecule has 0 saturated carbocycles. The molecule has 2 aromatic heterocycles. The molecular weight excluding hydrogens is 298 g/mol. The Kier molecular flexibility index (Phi) is 5.74. The molecule has 1 atom stereocenters. The molecule has 2 heterocycles. The lowest BCUT2D eigenvalue weighted by Gasteiger charge is -2.13. The highest BCUT2D eigenvalue weighted by molar-refractivity contribution is 5.91. The highest BCUT2D eigenvalue weighted by Crippen LogP contribution is 2.07. The monoisotopic (exact) mass is 319 g/mol. The van der Waals surface area contributed by atoms with Gasteiger partial charge in [0.05, 0.1) is 12.5 Å². The molecule has 0 aromatic carbocycles. The molecule has 2 aromatic rings. The maximum absolute atomic E-state index is 12.4. The molecule has 0 saturated heterocycles. The Morgan fingerprint density at radius 3 is 2.09 bits per heavy atom. The lowest BCUT2D eigenvalue weighted by atomic mass is 10.2. The van der Waals surface area contributed by atoms with E-state index in [1.54, 1.807) is 12.4 Å². The van der Waals surface area contributed by atoms with Gasteiger partial charge >= 0.3 is 0 Å². The molecule has 124 valence electrons. The number of carbonyl (C=O) groups is 2. The standard InChI is InChI=1S/C14H21N7O2/c15-3-1-10-6-18-8-20(10)13(22)5-12(17)14(23)21-9-19-7-11(21)2-4-16/h6-9,12H,1-5,15-17H2. The molecule has 0 radical (unpaired) electrons. The Hall–Kier alpha value is -2.36. The SMILES string of the molecule is NCCc1cncn1C(=O)CC(N)C(=O)n1cncc1CCN. The molecule has 9 nitrogen and oxygen atoms in total. The topological polar surface area (TPSA) is 148 Å². The van der Waals surface area contributed by atoms with E-state index in [1.807, 2.05) is 0 Å². The third kappa shape index (κ3) is 3.89. The van der Waals surface area contributed by atoms with Crippen LogP contribution in [0.1, 0.15) is 27.4 Å². The normalized spacial score (nSPS) is 12.3. The van der Waals surface area contributed by atoms with Gasteiger partial charge in [-0.25, -0.2) is 9.97 Å². The van der Waals surface area contributed by atoms with Crippen LogP contribution in [0.4, 0.5) is 0 Å². The summed E-state index contributed by atoms with van der Waals surface area (Å²) in [5, 5.41) is 0. The van der Waals surface area contributed by atoms with Gasteiger partial charge in [0.25, 0.3) is 0 Å². The van der Waals surface area contributed by atoms with Crippen LogP contribution in [0.2, 0.25) is 0 Å². The second kappa shape index (κ2) is 7.77. The lowest BCUT2D eigenvalue weighted by molar-refractivity contribution is 0.0804. The van der Waals surface area contributed by atoms with Crippen LogP contribution >= 0.6 is 0 Å². The molecule has 23 heavy (non-hydrogen) atoms. The zero-order valence-electron chi connectivity index (χ0n) is 12.8. The van der Waals surface area contributed by atoms with E-state index in [1.165, 1.54) is 21.8 Å². The van der Waals surface area contributed by atoms with E-state index in [-0.39, 0.29) is 18.2 Å². The highest BCUT2D eigenvalue weighted by Gasteiger charge is 2.22. The first-order chi connectivity index (χ1) is 11.1. The number of hydrogen-bond acceptors (Lipinski definition) is 7. The van der Waals surface area contributed by atoms with E-state index in [0.717, 1.165) is 0 Å². The summed E-state index contributed by atoms with van der Waals surface area (Å²) in [7, 11) is 0. The number of carbonyl (C=O) groups excluding carboxylic acids is 2. The second-order valence-corrected chi connectivity index (χ2v) is 5.13. The van der Waals surface area contributed by atoms with Gasteiger partial charge in [0, 0.05) is 36.6 Å². The minimum absolute atomic E-state index is 0.132. The van der Waals surface area contributed by atoms with E-state index in [9.17, 15) is 9.59 Å². The molecule has 2 rings (SSSR count). The van der Waals surface area contributed by atoms with Gasteiger partial charge in [-0.05, 0) is 13.1 Å². The smallest absolute Gasteiger partial charge is 0.249 e. The number of imidazole rings is 2. The van der Waals surface area contributed by atoms with Crippen molar-refractivity contribution in [2.75, 3.05) is 13.1 Å². The summed E-state index contributed by atoms with van der Waals surface area (Å²) in [6.45, 7) is 0.798. The zero-order valence-corrected chi connectivity index (χ0v) is 12.8. The summed E-state index contributed by atoms with van der Waals surface area (Å²) in [5.74, 6) is -0.688. The molecule has 0 bridgehead atoms. The lowest BCUT2D eigenvalue weighted by Crippen LogP contribution is -2.38. The van der Waals surface area contributed by atoms with Gasteiger partial charge in [-0.2, -0.15) is 0 Å². The summed E-state index contributed by atoms with van der Waals surface area (Å²) in [6.07, 6.45) is 6.83. The first-order valence-electron chi connectivity index (χ1n) is 7.34. The van der Waals surface area contributed by atoms with Crippen LogP contribution in [0.3, 0.4) is 0 Å². The van der Waals surface area contributed by atoms with Crippen molar-refractivity contribution in [3.63, 3.8) is 0 Å². The average molecular weight is 319 g/mol. The Balaban J connectivity index is 2.07. The van der Waals surface area contributed by atoms with Crippen molar-refractivity contribution < 1.29 is 9.59 Å². The molecule has 1 unspecified atom stereocenters. The van der Waals surface area contributed by atoms with Crippen molar-refractivity contribution in [1.29, 1.82) is 0 Å². The van der Waals surface area contributed by atoms with Crippen molar-refractivity contribution in [1.82, 2.24) is 19.1 Å². The van der Waals surface area contributed by atoms with E-state index in [2.05, 4.69) is 9.97 Å². The number of hydrogen-bond donors (Lipinski definition) is 3. The van der Waals surface area contributed by atoms with Crippen molar-refractivity contribution in [3.8, 4) is 0 Å². The first kappa shape index (κ1) is 17.0. The second-order valence-electron chi connectivity index (χ2n) is 5.13. The van der Waals surface area contributed by atoms with Crippen molar-refractivity contribution in [2.24, 2.45) is 17.2 Å². The first-order valence-corrected chi connectivity index (χ1v) is 7.34. The van der Waals surface area contributed by atoms with Crippen LogP contribution in [-0.2, 0) is 12.8 Å².